The number of anilines is 1. The summed E-state index contributed by atoms with van der Waals surface area (Å²) in [4.78, 5) is 0. The third-order valence-electron chi connectivity index (χ3n) is 1.34. The maximum Gasteiger partial charge on any atom is 0.146 e. The lowest BCUT2D eigenvalue weighted by Crippen LogP contribution is -2.04. The first-order valence-electron chi connectivity index (χ1n) is 3.42. The first kappa shape index (κ1) is 8.93. The minimum atomic E-state index is -0.492. The van der Waals surface area contributed by atoms with Crippen LogP contribution in [0.25, 0.3) is 0 Å². The van der Waals surface area contributed by atoms with Crippen molar-refractivity contribution in [2.75, 3.05) is 19.2 Å². The van der Waals surface area contributed by atoms with Crippen LogP contribution in [0.15, 0.2) is 18.2 Å². The molecule has 12 heavy (non-hydrogen) atoms. The second kappa shape index (κ2) is 4.01. The highest BCUT2D eigenvalue weighted by atomic mass is 19.1. The first-order valence-corrected chi connectivity index (χ1v) is 3.42. The lowest BCUT2D eigenvalue weighted by molar-refractivity contribution is 0.221. The Morgan fingerprint density at radius 1 is 1.42 bits per heavy atom. The zero-order valence-corrected chi connectivity index (χ0v) is 6.60. The van der Waals surface area contributed by atoms with Gasteiger partial charge in [-0.25, -0.2) is 8.78 Å². The summed E-state index contributed by atoms with van der Waals surface area (Å²) in [6, 6.07) is 3.20. The highest BCUT2D eigenvalue weighted by molar-refractivity contribution is 5.44. The van der Waals surface area contributed by atoms with Crippen molar-refractivity contribution < 1.29 is 13.5 Å². The van der Waals surface area contributed by atoms with E-state index in [1.807, 2.05) is 0 Å². The van der Waals surface area contributed by atoms with Gasteiger partial charge in [0.05, 0.1) is 5.69 Å². The number of hydrogen-bond acceptors (Lipinski definition) is 2. The predicted octanol–water partition coefficient (Wildman–Crippen LogP) is 1.98. The van der Waals surface area contributed by atoms with Gasteiger partial charge in [-0.05, 0) is 12.1 Å². The molecule has 1 aromatic rings. The fourth-order valence-electron chi connectivity index (χ4n) is 0.783. The molecule has 0 spiro atoms. The summed E-state index contributed by atoms with van der Waals surface area (Å²) in [7, 11) is 1.46. The smallest absolute Gasteiger partial charge is 0.146 e. The van der Waals surface area contributed by atoms with Crippen LogP contribution in [0.2, 0.25) is 0 Å². The molecule has 0 heterocycles. The van der Waals surface area contributed by atoms with Crippen molar-refractivity contribution in [2.45, 2.75) is 0 Å². The van der Waals surface area contributed by atoms with Gasteiger partial charge in [-0.3, -0.25) is 0 Å². The quantitative estimate of drug-likeness (QED) is 0.705. The number of rotatable bonds is 3. The van der Waals surface area contributed by atoms with E-state index in [9.17, 15) is 8.78 Å². The molecule has 4 heteroatoms. The molecule has 1 N–H and O–H groups in total. The fourth-order valence-corrected chi connectivity index (χ4v) is 0.783. The third-order valence-corrected chi connectivity index (χ3v) is 1.34. The molecule has 0 radical (unpaired) electrons. The van der Waals surface area contributed by atoms with Crippen molar-refractivity contribution in [3.63, 3.8) is 0 Å². The van der Waals surface area contributed by atoms with Crippen LogP contribution in [-0.2, 0) is 4.74 Å². The summed E-state index contributed by atoms with van der Waals surface area (Å²) < 4.78 is 30.0. The van der Waals surface area contributed by atoms with Crippen molar-refractivity contribution in [1.82, 2.24) is 0 Å². The van der Waals surface area contributed by atoms with Crippen molar-refractivity contribution in [2.24, 2.45) is 0 Å². The van der Waals surface area contributed by atoms with Gasteiger partial charge in [0.2, 0.25) is 0 Å². The van der Waals surface area contributed by atoms with Gasteiger partial charge in [-0.15, -0.1) is 0 Å². The molecule has 0 aromatic heterocycles. The van der Waals surface area contributed by atoms with Gasteiger partial charge in [-0.2, -0.15) is 0 Å². The average molecular weight is 173 g/mol. The Hall–Kier alpha value is -1.16. The number of ether oxygens (including phenoxy) is 1. The molecule has 0 bridgehead atoms. The topological polar surface area (TPSA) is 21.3 Å². The average Bonchev–Trinajstić information content (AvgIpc) is 2.07. The number of hydrogen-bond donors (Lipinski definition) is 1. The zero-order valence-electron chi connectivity index (χ0n) is 6.60. The lowest BCUT2D eigenvalue weighted by atomic mass is 10.3. The lowest BCUT2D eigenvalue weighted by Gasteiger charge is -2.05. The van der Waals surface area contributed by atoms with E-state index in [0.29, 0.717) is 0 Å². The van der Waals surface area contributed by atoms with E-state index >= 15 is 0 Å². The summed E-state index contributed by atoms with van der Waals surface area (Å²) >= 11 is 0. The van der Waals surface area contributed by atoms with Gasteiger partial charge >= 0.3 is 0 Å². The van der Waals surface area contributed by atoms with Gasteiger partial charge in [0.15, 0.2) is 0 Å². The minimum Gasteiger partial charge on any atom is -0.365 e. The van der Waals surface area contributed by atoms with Crippen molar-refractivity contribution in [3.8, 4) is 0 Å². The third kappa shape index (κ3) is 2.17. The van der Waals surface area contributed by atoms with E-state index in [1.165, 1.54) is 7.11 Å². The van der Waals surface area contributed by atoms with Crippen LogP contribution >= 0.6 is 0 Å². The molecule has 1 rings (SSSR count). The van der Waals surface area contributed by atoms with E-state index in [4.69, 9.17) is 0 Å². The molecule has 0 atom stereocenters. The van der Waals surface area contributed by atoms with Crippen LogP contribution in [-0.4, -0.2) is 13.8 Å². The molecule has 0 fully saturated rings. The van der Waals surface area contributed by atoms with E-state index in [2.05, 4.69) is 10.1 Å². The number of benzene rings is 1. The van der Waals surface area contributed by atoms with Crippen LogP contribution in [0.4, 0.5) is 14.5 Å². The number of nitrogens with one attached hydrogen (secondary N) is 1. The molecule has 0 amide bonds. The largest absolute Gasteiger partial charge is 0.365 e. The highest BCUT2D eigenvalue weighted by Gasteiger charge is 2.01. The fraction of sp³-hybridized carbons (Fsp3) is 0.250. The molecular weight excluding hydrogens is 164 g/mol. The SMILES string of the molecule is COCNc1cc(F)ccc1F. The minimum absolute atomic E-state index is 0.108. The molecule has 0 aliphatic carbocycles. The highest BCUT2D eigenvalue weighted by Crippen LogP contribution is 2.14. The summed E-state index contributed by atoms with van der Waals surface area (Å²) in [5.41, 5.74) is 0.108. The van der Waals surface area contributed by atoms with Gasteiger partial charge in [0.25, 0.3) is 0 Å². The predicted molar refractivity (Wildman–Crippen MR) is 41.9 cm³/mol. The molecule has 0 aliphatic heterocycles. The van der Waals surface area contributed by atoms with Crippen LogP contribution in [0.5, 0.6) is 0 Å². The number of halogens is 2. The van der Waals surface area contributed by atoms with Gasteiger partial charge in [0, 0.05) is 13.2 Å². The Labute approximate surface area is 69.2 Å². The second-order valence-corrected chi connectivity index (χ2v) is 2.23. The van der Waals surface area contributed by atoms with Crippen LogP contribution in [0, 0.1) is 11.6 Å². The molecule has 0 saturated carbocycles. The van der Waals surface area contributed by atoms with Crippen LogP contribution in [0.3, 0.4) is 0 Å². The Morgan fingerprint density at radius 3 is 2.83 bits per heavy atom. The van der Waals surface area contributed by atoms with Crippen molar-refractivity contribution >= 4 is 5.69 Å². The second-order valence-electron chi connectivity index (χ2n) is 2.23. The molecule has 2 nitrogen and oxygen atoms in total. The van der Waals surface area contributed by atoms with Crippen LogP contribution < -0.4 is 5.32 Å². The van der Waals surface area contributed by atoms with E-state index in [-0.39, 0.29) is 12.4 Å². The van der Waals surface area contributed by atoms with Gasteiger partial charge in [0.1, 0.15) is 18.4 Å². The molecule has 1 aromatic carbocycles. The Balaban J connectivity index is 2.75. The summed E-state index contributed by atoms with van der Waals surface area (Å²) in [5.74, 6) is -0.969. The van der Waals surface area contributed by atoms with Gasteiger partial charge in [-0.1, -0.05) is 0 Å². The summed E-state index contributed by atoms with van der Waals surface area (Å²) in [6.07, 6.45) is 0. The first-order chi connectivity index (χ1) is 5.74. The molecule has 0 unspecified atom stereocenters. The van der Waals surface area contributed by atoms with E-state index < -0.39 is 11.6 Å². The Morgan fingerprint density at radius 2 is 2.17 bits per heavy atom. The van der Waals surface area contributed by atoms with E-state index in [1.54, 1.807) is 0 Å². The monoisotopic (exact) mass is 173 g/mol. The molecule has 0 saturated heterocycles. The zero-order chi connectivity index (χ0) is 8.97. The Kier molecular flexibility index (Phi) is 2.99. The molecule has 66 valence electrons. The van der Waals surface area contributed by atoms with Crippen LogP contribution in [0.1, 0.15) is 0 Å². The Bertz CT molecular complexity index is 265. The maximum absolute atomic E-state index is 12.8. The van der Waals surface area contributed by atoms with Crippen molar-refractivity contribution in [3.05, 3.63) is 29.8 Å². The molecular formula is C8H9F2NO. The number of methoxy groups -OCH3 is 1. The van der Waals surface area contributed by atoms with Crippen molar-refractivity contribution in [1.29, 1.82) is 0 Å². The van der Waals surface area contributed by atoms with Gasteiger partial charge < -0.3 is 10.1 Å². The molecule has 0 aliphatic rings. The normalized spacial score (nSPS) is 9.92. The standard InChI is InChI=1S/C8H9F2NO/c1-12-5-11-8-4-6(9)2-3-7(8)10/h2-4,11H,5H2,1H3. The maximum atomic E-state index is 12.8. The summed E-state index contributed by atoms with van der Waals surface area (Å²) in [5, 5.41) is 2.57. The summed E-state index contributed by atoms with van der Waals surface area (Å²) in [6.45, 7) is 0.153. The van der Waals surface area contributed by atoms with E-state index in [0.717, 1.165) is 18.2 Å².